The van der Waals surface area contributed by atoms with Gasteiger partial charge >= 0.3 is 0 Å². The van der Waals surface area contributed by atoms with E-state index in [0.717, 1.165) is 5.56 Å². The second kappa shape index (κ2) is 9.67. The first-order valence-electron chi connectivity index (χ1n) is 9.32. The summed E-state index contributed by atoms with van der Waals surface area (Å²) in [4.78, 5) is 35.5. The molecule has 1 aromatic heterocycles. The van der Waals surface area contributed by atoms with E-state index < -0.39 is 8.38 Å². The highest BCUT2D eigenvalue weighted by molar-refractivity contribution is 7.54. The van der Waals surface area contributed by atoms with Crippen molar-refractivity contribution in [2.24, 2.45) is 0 Å². The van der Waals surface area contributed by atoms with Crippen molar-refractivity contribution in [2.75, 3.05) is 5.32 Å². The van der Waals surface area contributed by atoms with Crippen molar-refractivity contribution in [2.45, 2.75) is 26.9 Å². The fraction of sp³-hybridized carbons (Fsp3) is 0.182. The molecule has 2 aromatic carbocycles. The summed E-state index contributed by atoms with van der Waals surface area (Å²) in [7, 11) is -2.16. The van der Waals surface area contributed by atoms with E-state index in [1.54, 1.807) is 54.7 Å². The van der Waals surface area contributed by atoms with Gasteiger partial charge in [-0.3, -0.25) is 4.79 Å². The van der Waals surface area contributed by atoms with Gasteiger partial charge in [0.15, 0.2) is 8.38 Å². The number of benzene rings is 2. The Labute approximate surface area is 176 Å². The fourth-order valence-electron chi connectivity index (χ4n) is 2.62. The predicted octanol–water partition coefficient (Wildman–Crippen LogP) is 4.14. The van der Waals surface area contributed by atoms with Crippen molar-refractivity contribution in [1.29, 1.82) is 0 Å². The lowest BCUT2D eigenvalue weighted by atomic mass is 10.2. The van der Waals surface area contributed by atoms with Gasteiger partial charge in [0.25, 0.3) is 5.91 Å². The van der Waals surface area contributed by atoms with Gasteiger partial charge in [0.05, 0.1) is 6.10 Å². The lowest BCUT2D eigenvalue weighted by molar-refractivity contribution is 0.102. The number of amides is 1. The van der Waals surface area contributed by atoms with Crippen LogP contribution in [0.5, 0.6) is 17.2 Å². The van der Waals surface area contributed by atoms with Crippen molar-refractivity contribution >= 4 is 25.4 Å². The summed E-state index contributed by atoms with van der Waals surface area (Å²) in [5.74, 6) is 1.51. The van der Waals surface area contributed by atoms with Gasteiger partial charge in [-0.2, -0.15) is 0 Å². The highest BCUT2D eigenvalue weighted by Gasteiger charge is 2.13. The molecule has 30 heavy (non-hydrogen) atoms. The molecule has 0 aliphatic rings. The summed E-state index contributed by atoms with van der Waals surface area (Å²) >= 11 is 0. The first-order chi connectivity index (χ1) is 14.3. The second-order valence-electron chi connectivity index (χ2n) is 6.92. The molecule has 7 nitrogen and oxygen atoms in total. The maximum atomic E-state index is 12.7. The van der Waals surface area contributed by atoms with Crippen LogP contribution in [0.2, 0.25) is 0 Å². The van der Waals surface area contributed by atoms with Crippen LogP contribution < -0.4 is 20.1 Å². The number of carbonyl (C=O) groups excluding carboxylic acids is 1. The minimum atomic E-state index is -2.16. The molecule has 0 fully saturated rings. The molecule has 0 atom stereocenters. The lowest BCUT2D eigenvalue weighted by Gasteiger charge is -2.14. The van der Waals surface area contributed by atoms with E-state index >= 15 is 0 Å². The van der Waals surface area contributed by atoms with Crippen LogP contribution in [0.25, 0.3) is 0 Å². The topological polar surface area (TPSA) is 101 Å². The molecule has 1 amide bonds. The molecule has 3 rings (SSSR count). The van der Waals surface area contributed by atoms with E-state index in [1.807, 2.05) is 26.8 Å². The monoisotopic (exact) mass is 426 g/mol. The number of pyridine rings is 1. The van der Waals surface area contributed by atoms with Crippen LogP contribution in [-0.4, -0.2) is 26.8 Å². The van der Waals surface area contributed by atoms with Crippen LogP contribution in [0, 0.1) is 6.92 Å². The van der Waals surface area contributed by atoms with E-state index in [-0.39, 0.29) is 12.0 Å². The number of nitrogens with one attached hydrogen (secondary N) is 1. The number of ether oxygens (including phenoxy) is 2. The van der Waals surface area contributed by atoms with Gasteiger partial charge in [-0.15, -0.1) is 0 Å². The number of aryl methyl sites for hydroxylation is 1. The zero-order valence-electron chi connectivity index (χ0n) is 16.9. The molecular weight excluding hydrogens is 403 g/mol. The van der Waals surface area contributed by atoms with Crippen molar-refractivity contribution in [1.82, 2.24) is 4.98 Å². The normalized spacial score (nSPS) is 10.9. The summed E-state index contributed by atoms with van der Waals surface area (Å²) in [6, 6.07) is 15.0. The number of rotatable bonds is 7. The number of hydrogen-bond donors (Lipinski definition) is 3. The van der Waals surface area contributed by atoms with Gasteiger partial charge in [0.1, 0.15) is 23.1 Å². The molecular formula is C22H23N2O5P. The zero-order chi connectivity index (χ0) is 21.7. The second-order valence-corrected chi connectivity index (χ2v) is 8.02. The zero-order valence-corrected chi connectivity index (χ0v) is 17.8. The van der Waals surface area contributed by atoms with Gasteiger partial charge in [0, 0.05) is 23.1 Å². The highest BCUT2D eigenvalue weighted by Crippen LogP contribution is 2.30. The average Bonchev–Trinajstić information content (AvgIpc) is 2.69. The average molecular weight is 426 g/mol. The van der Waals surface area contributed by atoms with Crippen LogP contribution >= 0.6 is 8.38 Å². The molecule has 0 aliphatic heterocycles. The number of anilines is 1. The molecule has 0 unspecified atom stereocenters. The Hall–Kier alpha value is -2.99. The van der Waals surface area contributed by atoms with Gasteiger partial charge in [0.2, 0.25) is 0 Å². The molecule has 0 spiro atoms. The first kappa shape index (κ1) is 21.7. The molecule has 0 bridgehead atoms. The maximum Gasteiger partial charge on any atom is 0.257 e. The summed E-state index contributed by atoms with van der Waals surface area (Å²) in [5.41, 5.74) is 1.35. The summed E-state index contributed by atoms with van der Waals surface area (Å²) in [6.45, 7) is 5.71. The van der Waals surface area contributed by atoms with E-state index in [9.17, 15) is 14.6 Å². The van der Waals surface area contributed by atoms with Gasteiger partial charge in [-0.1, -0.05) is 6.07 Å². The van der Waals surface area contributed by atoms with Gasteiger partial charge in [-0.05, 0) is 68.8 Å². The fourth-order valence-corrected chi connectivity index (χ4v) is 3.03. The van der Waals surface area contributed by atoms with Crippen LogP contribution in [0.1, 0.15) is 29.8 Å². The van der Waals surface area contributed by atoms with E-state index in [2.05, 4.69) is 10.3 Å². The molecule has 1 heterocycles. The minimum absolute atomic E-state index is 0.0810. The Balaban J connectivity index is 1.85. The van der Waals surface area contributed by atoms with Crippen molar-refractivity contribution in [3.05, 3.63) is 71.9 Å². The van der Waals surface area contributed by atoms with E-state index in [1.165, 1.54) is 0 Å². The standard InChI is InChI=1S/C22H23N2O5P/c1-14(2)28-18-10-16(22(25)24-21-9-4-15(3)13-23-21)11-19(12-18)29-17-5-7-20(8-6-17)30(26)27/h4-14,26-27H,1-3H3,(H,23,24,25). The molecule has 156 valence electrons. The molecule has 0 saturated heterocycles. The lowest BCUT2D eigenvalue weighted by Crippen LogP contribution is -2.14. The number of hydrogen-bond acceptors (Lipinski definition) is 6. The Kier molecular flexibility index (Phi) is 7.00. The van der Waals surface area contributed by atoms with Crippen molar-refractivity contribution in [3.8, 4) is 17.2 Å². The summed E-state index contributed by atoms with van der Waals surface area (Å²) in [6.07, 6.45) is 1.60. The third-order valence-electron chi connectivity index (χ3n) is 3.97. The SMILES string of the molecule is Cc1ccc(NC(=O)c2cc(Oc3ccc(P(O)O)cc3)cc(OC(C)C)c2)nc1. The predicted molar refractivity (Wildman–Crippen MR) is 117 cm³/mol. The number of nitrogens with zero attached hydrogens (tertiary/aromatic N) is 1. The quantitative estimate of drug-likeness (QED) is 0.491. The smallest absolute Gasteiger partial charge is 0.257 e. The van der Waals surface area contributed by atoms with Crippen molar-refractivity contribution in [3.63, 3.8) is 0 Å². The Bertz CT molecular complexity index is 1010. The molecule has 0 saturated carbocycles. The first-order valence-corrected chi connectivity index (χ1v) is 10.6. The molecule has 0 radical (unpaired) electrons. The van der Waals surface area contributed by atoms with Crippen molar-refractivity contribution < 1.29 is 24.1 Å². The molecule has 8 heteroatoms. The van der Waals surface area contributed by atoms with Crippen LogP contribution in [-0.2, 0) is 0 Å². The Morgan fingerprint density at radius 1 is 1.00 bits per heavy atom. The highest BCUT2D eigenvalue weighted by atomic mass is 31.2. The third kappa shape index (κ3) is 6.00. The third-order valence-corrected chi connectivity index (χ3v) is 4.73. The number of aromatic nitrogens is 1. The number of carbonyl (C=O) groups is 1. The van der Waals surface area contributed by atoms with Crippen LogP contribution in [0.4, 0.5) is 5.82 Å². The van der Waals surface area contributed by atoms with Gasteiger partial charge in [-0.25, -0.2) is 4.98 Å². The van der Waals surface area contributed by atoms with E-state index in [4.69, 9.17) is 9.47 Å². The maximum absolute atomic E-state index is 12.7. The van der Waals surface area contributed by atoms with Crippen LogP contribution in [0.3, 0.4) is 0 Å². The molecule has 0 aliphatic carbocycles. The van der Waals surface area contributed by atoms with E-state index in [0.29, 0.717) is 33.9 Å². The largest absolute Gasteiger partial charge is 0.491 e. The van der Waals surface area contributed by atoms with Crippen LogP contribution in [0.15, 0.2) is 60.8 Å². The Morgan fingerprint density at radius 2 is 1.70 bits per heavy atom. The summed E-state index contributed by atoms with van der Waals surface area (Å²) < 4.78 is 11.6. The summed E-state index contributed by atoms with van der Waals surface area (Å²) in [5, 5.41) is 3.18. The Morgan fingerprint density at radius 3 is 2.30 bits per heavy atom. The molecule has 3 aromatic rings. The molecule has 3 N–H and O–H groups in total. The minimum Gasteiger partial charge on any atom is -0.491 e. The van der Waals surface area contributed by atoms with Gasteiger partial charge < -0.3 is 24.6 Å².